The van der Waals surface area contributed by atoms with Crippen molar-refractivity contribution in [3.05, 3.63) is 18.2 Å². The first-order valence-corrected chi connectivity index (χ1v) is 8.37. The summed E-state index contributed by atoms with van der Waals surface area (Å²) in [5.41, 5.74) is 2.78. The third kappa shape index (κ3) is 4.09. The van der Waals surface area contributed by atoms with Gasteiger partial charge >= 0.3 is 0 Å². The molecular formula is C13H19N3O5S. The first kappa shape index (κ1) is 16.5. The maximum absolute atomic E-state index is 11.7. The minimum absolute atomic E-state index is 0.0959. The highest BCUT2D eigenvalue weighted by molar-refractivity contribution is 7.90. The predicted octanol–water partition coefficient (Wildman–Crippen LogP) is 0.761. The first-order valence-electron chi connectivity index (χ1n) is 6.88. The van der Waals surface area contributed by atoms with Crippen LogP contribution in [-0.4, -0.2) is 39.8 Å². The smallest absolute Gasteiger partial charge is 0.263 e. The number of rotatable bonds is 7. The molecule has 0 bridgehead atoms. The number of sulfonamides is 1. The lowest BCUT2D eigenvalue weighted by Gasteiger charge is -2.23. The van der Waals surface area contributed by atoms with Gasteiger partial charge in [-0.3, -0.25) is 20.2 Å². The predicted molar refractivity (Wildman–Crippen MR) is 80.3 cm³/mol. The number of carbonyl (C=O) groups excluding carboxylic acids is 1. The molecule has 0 saturated carbocycles. The molecule has 22 heavy (non-hydrogen) atoms. The minimum Gasteiger partial charge on any atom is -0.383 e. The van der Waals surface area contributed by atoms with Crippen LogP contribution in [0.3, 0.4) is 0 Å². The summed E-state index contributed by atoms with van der Waals surface area (Å²) in [6.45, 7) is 2.19. The highest BCUT2D eigenvalue weighted by Gasteiger charge is 2.17. The monoisotopic (exact) mass is 329 g/mol. The molecule has 2 rings (SSSR count). The van der Waals surface area contributed by atoms with Gasteiger partial charge < -0.3 is 10.1 Å². The van der Waals surface area contributed by atoms with Crippen molar-refractivity contribution in [1.29, 1.82) is 0 Å². The number of hydrogen-bond donors (Lipinski definition) is 4. The average Bonchev–Trinajstić information content (AvgIpc) is 2.53. The Kier molecular flexibility index (Phi) is 5.58. The molecular weight excluding hydrogens is 310 g/mol. The molecule has 4 N–H and O–H groups in total. The van der Waals surface area contributed by atoms with Gasteiger partial charge in [0.2, 0.25) is 6.41 Å². The molecule has 1 aliphatic heterocycles. The van der Waals surface area contributed by atoms with Gasteiger partial charge in [0, 0.05) is 19.8 Å². The molecule has 0 spiro atoms. The SMILES string of the molecule is O=CNS(=O)(=O)c1ccc(NCC2CCOCC2)c(NO)c1. The highest BCUT2D eigenvalue weighted by Crippen LogP contribution is 2.26. The minimum atomic E-state index is -3.91. The second-order valence-electron chi connectivity index (χ2n) is 4.99. The van der Waals surface area contributed by atoms with E-state index in [0.29, 0.717) is 18.2 Å². The van der Waals surface area contributed by atoms with Crippen LogP contribution in [0.15, 0.2) is 23.1 Å². The molecule has 1 aliphatic rings. The van der Waals surface area contributed by atoms with Crippen LogP contribution in [0, 0.1) is 5.92 Å². The van der Waals surface area contributed by atoms with E-state index in [2.05, 4.69) is 5.32 Å². The zero-order valence-corrected chi connectivity index (χ0v) is 12.7. The number of anilines is 2. The maximum atomic E-state index is 11.7. The van der Waals surface area contributed by atoms with E-state index in [1.807, 2.05) is 5.48 Å². The van der Waals surface area contributed by atoms with Crippen molar-refractivity contribution in [1.82, 2.24) is 4.72 Å². The Labute approximate surface area is 128 Å². The standard InChI is InChI=1S/C13H19N3O5S/c17-9-15-22(19,20)11-1-2-12(13(7-11)16-18)14-8-10-3-5-21-6-4-10/h1-2,7,9-10,14,16,18H,3-6,8H2,(H,15,17). The van der Waals surface area contributed by atoms with Gasteiger partial charge in [0.1, 0.15) is 0 Å². The summed E-state index contributed by atoms with van der Waals surface area (Å²) >= 11 is 0. The van der Waals surface area contributed by atoms with Crippen LogP contribution in [0.25, 0.3) is 0 Å². The second kappa shape index (κ2) is 7.43. The van der Waals surface area contributed by atoms with Crippen LogP contribution in [0.2, 0.25) is 0 Å². The molecule has 0 aliphatic carbocycles. The molecule has 9 heteroatoms. The Hall–Kier alpha value is -1.84. The number of ether oxygens (including phenoxy) is 1. The summed E-state index contributed by atoms with van der Waals surface area (Å²) in [4.78, 5) is 10.2. The van der Waals surface area contributed by atoms with Crippen LogP contribution in [-0.2, 0) is 19.6 Å². The molecule has 0 atom stereocenters. The molecule has 122 valence electrons. The quantitative estimate of drug-likeness (QED) is 0.431. The third-order valence-corrected chi connectivity index (χ3v) is 4.83. The van der Waals surface area contributed by atoms with Crippen molar-refractivity contribution in [3.63, 3.8) is 0 Å². The number of benzene rings is 1. The van der Waals surface area contributed by atoms with Crippen molar-refractivity contribution >= 4 is 27.8 Å². The second-order valence-corrected chi connectivity index (χ2v) is 6.71. The number of carbonyl (C=O) groups is 1. The molecule has 1 fully saturated rings. The summed E-state index contributed by atoms with van der Waals surface area (Å²) in [6.07, 6.45) is 2.02. The van der Waals surface area contributed by atoms with E-state index >= 15 is 0 Å². The number of amides is 1. The summed E-state index contributed by atoms with van der Waals surface area (Å²) in [5.74, 6) is 0.473. The molecule has 1 aromatic carbocycles. The van der Waals surface area contributed by atoms with Crippen molar-refractivity contribution in [2.45, 2.75) is 17.7 Å². The Morgan fingerprint density at radius 3 is 2.64 bits per heavy atom. The van der Waals surface area contributed by atoms with Gasteiger partial charge in [0.15, 0.2) is 0 Å². The molecule has 1 saturated heterocycles. The maximum Gasteiger partial charge on any atom is 0.263 e. The Morgan fingerprint density at radius 2 is 2.00 bits per heavy atom. The largest absolute Gasteiger partial charge is 0.383 e. The van der Waals surface area contributed by atoms with Crippen LogP contribution in [0.5, 0.6) is 0 Å². The van der Waals surface area contributed by atoms with Gasteiger partial charge in [-0.15, -0.1) is 0 Å². The van der Waals surface area contributed by atoms with Gasteiger partial charge in [-0.2, -0.15) is 0 Å². The summed E-state index contributed by atoms with van der Waals surface area (Å²) in [7, 11) is -3.91. The molecule has 1 heterocycles. The van der Waals surface area contributed by atoms with Gasteiger partial charge in [0.25, 0.3) is 10.0 Å². The van der Waals surface area contributed by atoms with Crippen molar-refractivity contribution in [3.8, 4) is 0 Å². The normalized spacial score (nSPS) is 16.0. The Bertz CT molecular complexity index is 614. The lowest BCUT2D eigenvalue weighted by molar-refractivity contribution is -0.108. The highest BCUT2D eigenvalue weighted by atomic mass is 32.2. The molecule has 0 radical (unpaired) electrons. The van der Waals surface area contributed by atoms with Gasteiger partial charge in [-0.05, 0) is 37.0 Å². The van der Waals surface area contributed by atoms with E-state index in [-0.39, 0.29) is 17.0 Å². The van der Waals surface area contributed by atoms with Gasteiger partial charge in [-0.1, -0.05) is 0 Å². The summed E-state index contributed by atoms with van der Waals surface area (Å²) < 4.78 is 30.5. The molecule has 0 aromatic heterocycles. The van der Waals surface area contributed by atoms with Crippen molar-refractivity contribution in [2.75, 3.05) is 30.6 Å². The fraction of sp³-hybridized carbons (Fsp3) is 0.462. The lowest BCUT2D eigenvalue weighted by Crippen LogP contribution is -2.23. The fourth-order valence-electron chi connectivity index (χ4n) is 2.27. The van der Waals surface area contributed by atoms with Crippen LogP contribution in [0.1, 0.15) is 12.8 Å². The van der Waals surface area contributed by atoms with E-state index in [1.54, 1.807) is 4.72 Å². The van der Waals surface area contributed by atoms with E-state index in [1.165, 1.54) is 18.2 Å². The topological polar surface area (TPSA) is 117 Å². The van der Waals surface area contributed by atoms with Crippen molar-refractivity contribution in [2.24, 2.45) is 5.92 Å². The van der Waals surface area contributed by atoms with Gasteiger partial charge in [-0.25, -0.2) is 8.42 Å². The van der Waals surface area contributed by atoms with Crippen LogP contribution < -0.4 is 15.5 Å². The molecule has 8 nitrogen and oxygen atoms in total. The Balaban J connectivity index is 2.10. The molecule has 1 amide bonds. The van der Waals surface area contributed by atoms with E-state index in [9.17, 15) is 18.4 Å². The first-order chi connectivity index (χ1) is 10.6. The van der Waals surface area contributed by atoms with Crippen molar-refractivity contribution < 1.29 is 23.2 Å². The fourth-order valence-corrected chi connectivity index (χ4v) is 3.06. The van der Waals surface area contributed by atoms with E-state index < -0.39 is 10.0 Å². The number of nitrogens with one attached hydrogen (secondary N) is 3. The molecule has 1 aromatic rings. The third-order valence-electron chi connectivity index (χ3n) is 3.55. The van der Waals surface area contributed by atoms with Crippen LogP contribution in [0.4, 0.5) is 11.4 Å². The van der Waals surface area contributed by atoms with Crippen LogP contribution >= 0.6 is 0 Å². The molecule has 0 unspecified atom stereocenters. The average molecular weight is 329 g/mol. The van der Waals surface area contributed by atoms with Gasteiger partial charge in [0.05, 0.1) is 16.3 Å². The summed E-state index contributed by atoms with van der Waals surface area (Å²) in [5, 5.41) is 12.4. The summed E-state index contributed by atoms with van der Waals surface area (Å²) in [6, 6.07) is 4.15. The van der Waals surface area contributed by atoms with E-state index in [0.717, 1.165) is 26.1 Å². The lowest BCUT2D eigenvalue weighted by atomic mass is 10.0. The zero-order valence-electron chi connectivity index (χ0n) is 11.9. The Morgan fingerprint density at radius 1 is 1.27 bits per heavy atom. The number of hydrogen-bond acceptors (Lipinski definition) is 7. The zero-order chi connectivity index (χ0) is 16.0. The van der Waals surface area contributed by atoms with E-state index in [4.69, 9.17) is 4.74 Å².